The van der Waals surface area contributed by atoms with E-state index in [2.05, 4.69) is 0 Å². The summed E-state index contributed by atoms with van der Waals surface area (Å²) in [4.78, 5) is 28.1. The molecule has 0 unspecified atom stereocenters. The highest BCUT2D eigenvalue weighted by molar-refractivity contribution is 5.83. The molecule has 0 aromatic carbocycles. The summed E-state index contributed by atoms with van der Waals surface area (Å²) in [5.74, 6) is 0.179. The first-order valence-electron chi connectivity index (χ1n) is 7.56. The lowest BCUT2D eigenvalue weighted by atomic mass is 10.1. The second kappa shape index (κ2) is 6.10. The first kappa shape index (κ1) is 13.8. The molecule has 0 aromatic heterocycles. The van der Waals surface area contributed by atoms with Crippen LogP contribution in [0.1, 0.15) is 25.7 Å². The Morgan fingerprint density at radius 2 is 1.15 bits per heavy atom. The minimum atomic E-state index is -0.254. The van der Waals surface area contributed by atoms with Gasteiger partial charge >= 0.3 is 0 Å². The van der Waals surface area contributed by atoms with E-state index in [9.17, 15) is 9.59 Å². The SMILES string of the molecule is O=C([C@H]1CCCO1)N1CCN(C(=O)[C@H]2CCCO2)CC1. The van der Waals surface area contributed by atoms with Gasteiger partial charge in [-0.25, -0.2) is 0 Å². The van der Waals surface area contributed by atoms with E-state index in [-0.39, 0.29) is 24.0 Å². The molecule has 0 bridgehead atoms. The van der Waals surface area contributed by atoms with Crippen LogP contribution in [-0.2, 0) is 19.1 Å². The van der Waals surface area contributed by atoms with E-state index in [0.29, 0.717) is 39.4 Å². The van der Waals surface area contributed by atoms with Gasteiger partial charge in [0.15, 0.2) is 0 Å². The molecule has 3 rings (SSSR count). The van der Waals surface area contributed by atoms with Crippen LogP contribution < -0.4 is 0 Å². The predicted molar refractivity (Wildman–Crippen MR) is 71.1 cm³/mol. The third-order valence-electron chi connectivity index (χ3n) is 4.31. The van der Waals surface area contributed by atoms with Crippen molar-refractivity contribution in [1.29, 1.82) is 0 Å². The number of nitrogens with zero attached hydrogens (tertiary/aromatic N) is 2. The maximum Gasteiger partial charge on any atom is 0.251 e. The fourth-order valence-corrected chi connectivity index (χ4v) is 3.10. The van der Waals surface area contributed by atoms with Gasteiger partial charge in [-0.15, -0.1) is 0 Å². The van der Waals surface area contributed by atoms with Crippen molar-refractivity contribution in [3.05, 3.63) is 0 Å². The van der Waals surface area contributed by atoms with E-state index in [1.54, 1.807) is 0 Å². The Kier molecular flexibility index (Phi) is 4.21. The van der Waals surface area contributed by atoms with E-state index < -0.39 is 0 Å². The zero-order valence-corrected chi connectivity index (χ0v) is 11.8. The minimum Gasteiger partial charge on any atom is -0.368 e. The van der Waals surface area contributed by atoms with E-state index in [0.717, 1.165) is 25.7 Å². The highest BCUT2D eigenvalue weighted by Crippen LogP contribution is 2.18. The molecule has 20 heavy (non-hydrogen) atoms. The first-order valence-corrected chi connectivity index (χ1v) is 7.56. The van der Waals surface area contributed by atoms with Crippen molar-refractivity contribution in [2.45, 2.75) is 37.9 Å². The Balaban J connectivity index is 1.48. The van der Waals surface area contributed by atoms with E-state index in [4.69, 9.17) is 9.47 Å². The maximum absolute atomic E-state index is 12.2. The molecule has 2 atom stereocenters. The number of ether oxygens (including phenoxy) is 2. The van der Waals surface area contributed by atoms with Crippen LogP contribution >= 0.6 is 0 Å². The van der Waals surface area contributed by atoms with Gasteiger partial charge in [-0.2, -0.15) is 0 Å². The van der Waals surface area contributed by atoms with Gasteiger partial charge in [0.25, 0.3) is 11.8 Å². The summed E-state index contributed by atoms with van der Waals surface area (Å²) >= 11 is 0. The van der Waals surface area contributed by atoms with Crippen LogP contribution in [-0.4, -0.2) is 73.2 Å². The third-order valence-corrected chi connectivity index (χ3v) is 4.31. The molecule has 0 aliphatic carbocycles. The van der Waals surface area contributed by atoms with Gasteiger partial charge in [-0.05, 0) is 25.7 Å². The van der Waals surface area contributed by atoms with Gasteiger partial charge < -0.3 is 19.3 Å². The number of amides is 2. The molecule has 112 valence electrons. The van der Waals surface area contributed by atoms with Crippen LogP contribution in [0.25, 0.3) is 0 Å². The van der Waals surface area contributed by atoms with Gasteiger partial charge in [-0.1, -0.05) is 0 Å². The van der Waals surface area contributed by atoms with Gasteiger partial charge in [0.2, 0.25) is 0 Å². The summed E-state index contributed by atoms with van der Waals surface area (Å²) in [6.07, 6.45) is 3.08. The van der Waals surface area contributed by atoms with Crippen LogP contribution in [0.15, 0.2) is 0 Å². The quantitative estimate of drug-likeness (QED) is 0.716. The summed E-state index contributed by atoms with van der Waals surface area (Å²) in [5.41, 5.74) is 0. The molecule has 3 aliphatic rings. The first-order chi connectivity index (χ1) is 9.75. The Morgan fingerprint density at radius 3 is 1.45 bits per heavy atom. The van der Waals surface area contributed by atoms with Crippen molar-refractivity contribution in [3.8, 4) is 0 Å². The smallest absolute Gasteiger partial charge is 0.251 e. The topological polar surface area (TPSA) is 59.1 Å². The van der Waals surface area contributed by atoms with Gasteiger partial charge in [0.05, 0.1) is 0 Å². The Bertz CT molecular complexity index is 331. The molecule has 6 nitrogen and oxygen atoms in total. The fourth-order valence-electron chi connectivity index (χ4n) is 3.10. The van der Waals surface area contributed by atoms with Crippen LogP contribution in [0.2, 0.25) is 0 Å². The molecule has 0 N–H and O–H groups in total. The van der Waals surface area contributed by atoms with Gasteiger partial charge in [0, 0.05) is 39.4 Å². The molecule has 2 amide bonds. The van der Waals surface area contributed by atoms with E-state index in [1.165, 1.54) is 0 Å². The zero-order chi connectivity index (χ0) is 13.9. The van der Waals surface area contributed by atoms with Crippen molar-refractivity contribution in [1.82, 2.24) is 9.80 Å². The molecule has 3 saturated heterocycles. The van der Waals surface area contributed by atoms with Crippen molar-refractivity contribution >= 4 is 11.8 Å². The summed E-state index contributed by atoms with van der Waals surface area (Å²) < 4.78 is 10.9. The third kappa shape index (κ3) is 2.81. The lowest BCUT2D eigenvalue weighted by Crippen LogP contribution is -2.54. The molecule has 6 heteroatoms. The lowest BCUT2D eigenvalue weighted by Gasteiger charge is -2.36. The molecule has 3 fully saturated rings. The highest BCUT2D eigenvalue weighted by Gasteiger charge is 2.34. The number of carbonyl (C=O) groups is 2. The summed E-state index contributed by atoms with van der Waals surface area (Å²) in [6, 6.07) is 0. The molecular weight excluding hydrogens is 260 g/mol. The molecule has 0 radical (unpaired) electrons. The number of carbonyl (C=O) groups excluding carboxylic acids is 2. The Morgan fingerprint density at radius 1 is 0.750 bits per heavy atom. The van der Waals surface area contributed by atoms with E-state index in [1.807, 2.05) is 9.80 Å². The van der Waals surface area contributed by atoms with E-state index >= 15 is 0 Å². The predicted octanol–water partition coefficient (Wildman–Crippen LogP) is 0.0152. The van der Waals surface area contributed by atoms with Crippen molar-refractivity contribution < 1.29 is 19.1 Å². The molecule has 3 aliphatic heterocycles. The lowest BCUT2D eigenvalue weighted by molar-refractivity contribution is -0.149. The monoisotopic (exact) mass is 282 g/mol. The number of hydrogen-bond donors (Lipinski definition) is 0. The average Bonchev–Trinajstić information content (AvgIpc) is 3.18. The maximum atomic E-state index is 12.2. The van der Waals surface area contributed by atoms with Crippen molar-refractivity contribution in [2.75, 3.05) is 39.4 Å². The largest absolute Gasteiger partial charge is 0.368 e. The molecule has 0 spiro atoms. The van der Waals surface area contributed by atoms with Crippen LogP contribution in [0.3, 0.4) is 0 Å². The highest BCUT2D eigenvalue weighted by atomic mass is 16.5. The standard InChI is InChI=1S/C14H22N2O4/c17-13(11-3-1-9-19-11)15-5-7-16(8-6-15)14(18)12-4-2-10-20-12/h11-12H,1-10H2/t11-,12-/m1/s1. The molecule has 0 saturated carbocycles. The average molecular weight is 282 g/mol. The number of piperazine rings is 1. The summed E-state index contributed by atoms with van der Waals surface area (Å²) in [7, 11) is 0. The van der Waals surface area contributed by atoms with Gasteiger partial charge in [0.1, 0.15) is 12.2 Å². The molecular formula is C14H22N2O4. The minimum absolute atomic E-state index is 0.0896. The Labute approximate surface area is 119 Å². The summed E-state index contributed by atoms with van der Waals surface area (Å²) in [5, 5.41) is 0. The number of hydrogen-bond acceptors (Lipinski definition) is 4. The van der Waals surface area contributed by atoms with Gasteiger partial charge in [-0.3, -0.25) is 9.59 Å². The van der Waals surface area contributed by atoms with Crippen molar-refractivity contribution in [3.63, 3.8) is 0 Å². The number of rotatable bonds is 2. The molecule has 3 heterocycles. The van der Waals surface area contributed by atoms with Crippen molar-refractivity contribution in [2.24, 2.45) is 0 Å². The summed E-state index contributed by atoms with van der Waals surface area (Å²) in [6.45, 7) is 3.81. The molecule has 0 aromatic rings. The van der Waals surface area contributed by atoms with Crippen LogP contribution in [0.4, 0.5) is 0 Å². The Hall–Kier alpha value is -1.14. The second-order valence-electron chi connectivity index (χ2n) is 5.65. The van der Waals surface area contributed by atoms with Crippen LogP contribution in [0.5, 0.6) is 0 Å². The zero-order valence-electron chi connectivity index (χ0n) is 11.8. The second-order valence-corrected chi connectivity index (χ2v) is 5.65. The normalized spacial score (nSPS) is 30.8. The van der Waals surface area contributed by atoms with Crippen LogP contribution in [0, 0.1) is 0 Å². The fraction of sp³-hybridized carbons (Fsp3) is 0.857.